The van der Waals surface area contributed by atoms with Crippen molar-refractivity contribution in [2.24, 2.45) is 0 Å². The van der Waals surface area contributed by atoms with Crippen molar-refractivity contribution in [1.29, 1.82) is 0 Å². The highest BCUT2D eigenvalue weighted by Crippen LogP contribution is 2.22. The fourth-order valence-electron chi connectivity index (χ4n) is 1.65. The van der Waals surface area contributed by atoms with Crippen LogP contribution in [-0.2, 0) is 4.79 Å². The summed E-state index contributed by atoms with van der Waals surface area (Å²) < 4.78 is 0. The number of aromatic nitrogens is 2. The number of anilines is 2. The first-order valence-electron chi connectivity index (χ1n) is 6.04. The van der Waals surface area contributed by atoms with Crippen LogP contribution >= 0.6 is 0 Å². The van der Waals surface area contributed by atoms with Gasteiger partial charge in [-0.2, -0.15) is 4.98 Å². The topological polar surface area (TPSA) is 144 Å². The van der Waals surface area contributed by atoms with E-state index in [0.29, 0.717) is 12.8 Å². The van der Waals surface area contributed by atoms with Crippen molar-refractivity contribution in [3.63, 3.8) is 0 Å². The molecule has 0 aromatic carbocycles. The standard InChI is InChI=1S/C11H17N5O4/c1-4-5-6(17)11(2,3)15-8-7(16(19)20)9(18)14-10(12)13-8/h4-5H2,1-3H3,(H4,12,13,14,15,18). The summed E-state index contributed by atoms with van der Waals surface area (Å²) in [5.74, 6) is -0.720. The Morgan fingerprint density at radius 2 is 2.15 bits per heavy atom. The Balaban J connectivity index is 3.24. The van der Waals surface area contributed by atoms with E-state index in [9.17, 15) is 19.7 Å². The van der Waals surface area contributed by atoms with Crippen molar-refractivity contribution in [2.75, 3.05) is 11.1 Å². The summed E-state index contributed by atoms with van der Waals surface area (Å²) in [6.07, 6.45) is 0.962. The number of carbonyl (C=O) groups is 1. The number of nitrogens with two attached hydrogens (primary N) is 1. The summed E-state index contributed by atoms with van der Waals surface area (Å²) in [5.41, 5.74) is 2.54. The highest BCUT2D eigenvalue weighted by atomic mass is 16.6. The molecule has 0 aliphatic heterocycles. The highest BCUT2D eigenvalue weighted by Gasteiger charge is 2.31. The largest absolute Gasteiger partial charge is 0.375 e. The molecule has 0 fully saturated rings. The van der Waals surface area contributed by atoms with Gasteiger partial charge in [0.15, 0.2) is 5.78 Å². The van der Waals surface area contributed by atoms with Crippen LogP contribution in [0.2, 0.25) is 0 Å². The Morgan fingerprint density at radius 3 is 2.65 bits per heavy atom. The summed E-state index contributed by atoms with van der Waals surface area (Å²) >= 11 is 0. The normalized spacial score (nSPS) is 11.2. The van der Waals surface area contributed by atoms with Gasteiger partial charge in [0.05, 0.1) is 10.5 Å². The van der Waals surface area contributed by atoms with E-state index in [1.165, 1.54) is 0 Å². The minimum Gasteiger partial charge on any atom is -0.369 e. The van der Waals surface area contributed by atoms with Crippen molar-refractivity contribution in [2.45, 2.75) is 39.2 Å². The number of aromatic amines is 1. The van der Waals surface area contributed by atoms with Crippen molar-refractivity contribution >= 4 is 23.2 Å². The number of nitro groups is 1. The molecule has 0 saturated carbocycles. The summed E-state index contributed by atoms with van der Waals surface area (Å²) in [4.78, 5) is 39.3. The van der Waals surface area contributed by atoms with Gasteiger partial charge in [0, 0.05) is 6.42 Å². The Bertz CT molecular complexity index is 593. The Morgan fingerprint density at radius 1 is 1.55 bits per heavy atom. The van der Waals surface area contributed by atoms with Crippen LogP contribution in [0, 0.1) is 10.1 Å². The molecule has 4 N–H and O–H groups in total. The second-order valence-electron chi connectivity index (χ2n) is 4.83. The number of hydrogen-bond donors (Lipinski definition) is 3. The second-order valence-corrected chi connectivity index (χ2v) is 4.83. The molecule has 20 heavy (non-hydrogen) atoms. The number of ketones is 1. The lowest BCUT2D eigenvalue weighted by Crippen LogP contribution is -2.41. The van der Waals surface area contributed by atoms with Gasteiger partial charge in [-0.1, -0.05) is 6.92 Å². The lowest BCUT2D eigenvalue weighted by atomic mass is 9.95. The number of rotatable bonds is 6. The molecule has 9 nitrogen and oxygen atoms in total. The third-order valence-electron chi connectivity index (χ3n) is 2.70. The summed E-state index contributed by atoms with van der Waals surface area (Å²) in [5, 5.41) is 13.5. The number of nitrogen functional groups attached to an aromatic ring is 1. The molecule has 0 atom stereocenters. The molecule has 0 aliphatic carbocycles. The number of nitrogens with zero attached hydrogens (tertiary/aromatic N) is 2. The first-order valence-corrected chi connectivity index (χ1v) is 6.04. The van der Waals surface area contributed by atoms with Crippen LogP contribution in [0.1, 0.15) is 33.6 Å². The lowest BCUT2D eigenvalue weighted by Gasteiger charge is -2.24. The Labute approximate surface area is 114 Å². The van der Waals surface area contributed by atoms with Gasteiger partial charge in [-0.25, -0.2) is 0 Å². The Kier molecular flexibility index (Phi) is 4.43. The van der Waals surface area contributed by atoms with Gasteiger partial charge in [-0.05, 0) is 20.3 Å². The molecule has 1 heterocycles. The van der Waals surface area contributed by atoms with Gasteiger partial charge < -0.3 is 11.1 Å². The van der Waals surface area contributed by atoms with E-state index in [4.69, 9.17) is 5.73 Å². The molecule has 1 aromatic rings. The van der Waals surface area contributed by atoms with Crippen LogP contribution in [0.25, 0.3) is 0 Å². The molecule has 110 valence electrons. The molecular weight excluding hydrogens is 266 g/mol. The molecular formula is C11H17N5O4. The van der Waals surface area contributed by atoms with Gasteiger partial charge in [0.2, 0.25) is 11.8 Å². The molecule has 1 rings (SSSR count). The number of H-pyrrole nitrogens is 1. The first kappa shape index (κ1) is 15.6. The minimum absolute atomic E-state index is 0.144. The van der Waals surface area contributed by atoms with Crippen molar-refractivity contribution < 1.29 is 9.72 Å². The number of hydrogen-bond acceptors (Lipinski definition) is 7. The van der Waals surface area contributed by atoms with E-state index in [1.54, 1.807) is 13.8 Å². The summed E-state index contributed by atoms with van der Waals surface area (Å²) in [6.45, 7) is 4.97. The third-order valence-corrected chi connectivity index (χ3v) is 2.70. The van der Waals surface area contributed by atoms with Gasteiger partial charge in [0.25, 0.3) is 0 Å². The maximum atomic E-state index is 11.9. The molecule has 0 radical (unpaired) electrons. The zero-order valence-electron chi connectivity index (χ0n) is 11.5. The molecule has 0 amide bonds. The van der Waals surface area contributed by atoms with E-state index in [0.717, 1.165) is 0 Å². The minimum atomic E-state index is -1.09. The monoisotopic (exact) mass is 283 g/mol. The summed E-state index contributed by atoms with van der Waals surface area (Å²) in [7, 11) is 0. The maximum absolute atomic E-state index is 11.9. The van der Waals surface area contributed by atoms with Gasteiger partial charge >= 0.3 is 11.2 Å². The van der Waals surface area contributed by atoms with Crippen LogP contribution in [0.5, 0.6) is 0 Å². The molecule has 0 saturated heterocycles. The van der Waals surface area contributed by atoms with Crippen molar-refractivity contribution in [3.05, 3.63) is 20.5 Å². The smallest absolute Gasteiger partial charge is 0.369 e. The van der Waals surface area contributed by atoms with E-state index in [-0.39, 0.29) is 17.5 Å². The Hall–Kier alpha value is -2.45. The molecule has 0 unspecified atom stereocenters. The van der Waals surface area contributed by atoms with Crippen LogP contribution in [0.4, 0.5) is 17.5 Å². The van der Waals surface area contributed by atoms with E-state index < -0.39 is 21.7 Å². The third kappa shape index (κ3) is 3.31. The molecule has 1 aromatic heterocycles. The van der Waals surface area contributed by atoms with Gasteiger partial charge in [-0.15, -0.1) is 0 Å². The average molecular weight is 283 g/mol. The number of nitrogens with one attached hydrogen (secondary N) is 2. The second kappa shape index (κ2) is 5.68. The van der Waals surface area contributed by atoms with Gasteiger partial charge in [0.1, 0.15) is 0 Å². The fourth-order valence-corrected chi connectivity index (χ4v) is 1.65. The van der Waals surface area contributed by atoms with Crippen molar-refractivity contribution in [1.82, 2.24) is 9.97 Å². The lowest BCUT2D eigenvalue weighted by molar-refractivity contribution is -0.385. The van der Waals surface area contributed by atoms with E-state index >= 15 is 0 Å². The predicted molar refractivity (Wildman–Crippen MR) is 73.5 cm³/mol. The van der Waals surface area contributed by atoms with E-state index in [1.807, 2.05) is 11.9 Å². The van der Waals surface area contributed by atoms with Crippen LogP contribution in [0.3, 0.4) is 0 Å². The molecule has 0 aliphatic rings. The molecule has 0 spiro atoms. The predicted octanol–water partition coefficient (Wildman–Crippen LogP) is 0.820. The van der Waals surface area contributed by atoms with Gasteiger partial charge in [-0.3, -0.25) is 24.7 Å². The zero-order chi connectivity index (χ0) is 15.5. The zero-order valence-corrected chi connectivity index (χ0v) is 11.5. The average Bonchev–Trinajstić information content (AvgIpc) is 2.26. The molecule has 0 bridgehead atoms. The van der Waals surface area contributed by atoms with Crippen LogP contribution in [-0.4, -0.2) is 26.2 Å². The number of carbonyl (C=O) groups excluding carboxylic acids is 1. The first-order chi connectivity index (χ1) is 9.19. The van der Waals surface area contributed by atoms with E-state index in [2.05, 4.69) is 10.3 Å². The van der Waals surface area contributed by atoms with Crippen molar-refractivity contribution in [3.8, 4) is 0 Å². The number of Topliss-reactive ketones (excluding diaryl/α,β-unsaturated/α-hetero) is 1. The van der Waals surface area contributed by atoms with Crippen LogP contribution < -0.4 is 16.6 Å². The maximum Gasteiger partial charge on any atom is 0.375 e. The summed E-state index contributed by atoms with van der Waals surface area (Å²) in [6, 6.07) is 0. The molecule has 9 heteroatoms. The highest BCUT2D eigenvalue weighted by molar-refractivity contribution is 5.90. The fraction of sp³-hybridized carbons (Fsp3) is 0.545. The SMILES string of the molecule is CCCC(=O)C(C)(C)Nc1nc(N)[nH]c(=O)c1[N+](=O)[O-]. The van der Waals surface area contributed by atoms with Crippen LogP contribution in [0.15, 0.2) is 4.79 Å². The quantitative estimate of drug-likeness (QED) is 0.517.